The van der Waals surface area contributed by atoms with Crippen LogP contribution in [0.25, 0.3) is 0 Å². The second kappa shape index (κ2) is 6.86. The first-order chi connectivity index (χ1) is 11.4. The summed E-state index contributed by atoms with van der Waals surface area (Å²) in [6.07, 6.45) is 8.64. The lowest BCUT2D eigenvalue weighted by molar-refractivity contribution is 0.0194. The van der Waals surface area contributed by atoms with Crippen molar-refractivity contribution < 1.29 is 9.26 Å². The van der Waals surface area contributed by atoms with Crippen LogP contribution in [0.3, 0.4) is 0 Å². The first kappa shape index (κ1) is 14.9. The molecule has 0 spiro atoms. The van der Waals surface area contributed by atoms with Gasteiger partial charge >= 0.3 is 0 Å². The van der Waals surface area contributed by atoms with E-state index in [1.54, 1.807) is 0 Å². The van der Waals surface area contributed by atoms with Gasteiger partial charge in [-0.1, -0.05) is 5.16 Å². The Morgan fingerprint density at radius 1 is 1.17 bits per heavy atom. The van der Waals surface area contributed by atoms with Gasteiger partial charge in [0.25, 0.3) is 0 Å². The molecular weight excluding hydrogens is 294 g/mol. The van der Waals surface area contributed by atoms with Crippen LogP contribution in [0.5, 0.6) is 0 Å². The molecule has 3 aliphatic rings. The van der Waals surface area contributed by atoms with Crippen molar-refractivity contribution in [3.05, 3.63) is 11.7 Å². The normalized spacial score (nSPS) is 25.4. The fourth-order valence-corrected chi connectivity index (χ4v) is 2.74. The van der Waals surface area contributed by atoms with E-state index < -0.39 is 0 Å². The van der Waals surface area contributed by atoms with Crippen molar-refractivity contribution >= 4 is 5.96 Å². The van der Waals surface area contributed by atoms with Crippen LogP contribution in [-0.2, 0) is 11.3 Å². The zero-order chi connectivity index (χ0) is 15.5. The molecule has 1 aromatic rings. The van der Waals surface area contributed by atoms with E-state index in [2.05, 4.69) is 25.8 Å². The Bertz CT molecular complexity index is 544. The topological polar surface area (TPSA) is 84.6 Å². The van der Waals surface area contributed by atoms with Crippen molar-refractivity contribution in [2.45, 2.75) is 69.6 Å². The van der Waals surface area contributed by atoms with Gasteiger partial charge in [-0.05, 0) is 44.9 Å². The van der Waals surface area contributed by atoms with Crippen LogP contribution >= 0.6 is 0 Å². The van der Waals surface area contributed by atoms with E-state index >= 15 is 0 Å². The van der Waals surface area contributed by atoms with Crippen molar-refractivity contribution in [3.63, 3.8) is 0 Å². The SMILES string of the molecule is C1CC[C@@H](CNC(=NCc2nc(C3CC3)no2)NC2CC2)OC1. The number of hydrogen-bond donors (Lipinski definition) is 2. The van der Waals surface area contributed by atoms with Crippen LogP contribution in [-0.4, -0.2) is 41.4 Å². The van der Waals surface area contributed by atoms with Gasteiger partial charge in [0.2, 0.25) is 5.89 Å². The lowest BCUT2D eigenvalue weighted by Crippen LogP contribution is -2.43. The van der Waals surface area contributed by atoms with Gasteiger partial charge in [-0.3, -0.25) is 0 Å². The monoisotopic (exact) mass is 319 g/mol. The molecule has 2 aliphatic carbocycles. The van der Waals surface area contributed by atoms with Crippen molar-refractivity contribution in [1.82, 2.24) is 20.8 Å². The van der Waals surface area contributed by atoms with Crippen molar-refractivity contribution in [1.29, 1.82) is 0 Å². The van der Waals surface area contributed by atoms with Gasteiger partial charge in [0.15, 0.2) is 11.8 Å². The molecule has 0 bridgehead atoms. The number of hydrogen-bond acceptors (Lipinski definition) is 5. The molecule has 0 radical (unpaired) electrons. The lowest BCUT2D eigenvalue weighted by atomic mass is 10.1. The number of rotatable bonds is 6. The first-order valence-corrected chi connectivity index (χ1v) is 8.86. The predicted molar refractivity (Wildman–Crippen MR) is 85.2 cm³/mol. The molecule has 7 nitrogen and oxygen atoms in total. The third-order valence-electron chi connectivity index (χ3n) is 4.49. The molecule has 2 N–H and O–H groups in total. The van der Waals surface area contributed by atoms with Crippen LogP contribution in [0, 0.1) is 0 Å². The molecule has 4 rings (SSSR count). The lowest BCUT2D eigenvalue weighted by Gasteiger charge is -2.23. The quantitative estimate of drug-likeness (QED) is 0.613. The van der Waals surface area contributed by atoms with Gasteiger partial charge in [0, 0.05) is 25.1 Å². The minimum atomic E-state index is 0.292. The van der Waals surface area contributed by atoms with E-state index in [1.165, 1.54) is 38.5 Å². The molecule has 0 aromatic carbocycles. The maximum Gasteiger partial charge on any atom is 0.248 e. The van der Waals surface area contributed by atoms with Gasteiger partial charge in [-0.15, -0.1) is 0 Å². The van der Waals surface area contributed by atoms with Crippen LogP contribution in [0.15, 0.2) is 9.52 Å². The summed E-state index contributed by atoms with van der Waals surface area (Å²) >= 11 is 0. The minimum absolute atomic E-state index is 0.292. The predicted octanol–water partition coefficient (Wildman–Crippen LogP) is 1.71. The molecule has 1 saturated heterocycles. The number of nitrogens with zero attached hydrogens (tertiary/aromatic N) is 3. The van der Waals surface area contributed by atoms with Crippen LogP contribution in [0.2, 0.25) is 0 Å². The van der Waals surface area contributed by atoms with E-state index in [1.807, 2.05) is 0 Å². The molecule has 0 amide bonds. The van der Waals surface area contributed by atoms with Crippen molar-refractivity contribution in [3.8, 4) is 0 Å². The Morgan fingerprint density at radius 2 is 2.09 bits per heavy atom. The fourth-order valence-electron chi connectivity index (χ4n) is 2.74. The fraction of sp³-hybridized carbons (Fsp3) is 0.812. The van der Waals surface area contributed by atoms with Gasteiger partial charge in [-0.25, -0.2) is 4.99 Å². The van der Waals surface area contributed by atoms with Gasteiger partial charge in [-0.2, -0.15) is 4.98 Å². The summed E-state index contributed by atoms with van der Waals surface area (Å²) in [5.74, 6) is 2.78. The zero-order valence-corrected chi connectivity index (χ0v) is 13.5. The Morgan fingerprint density at radius 3 is 2.83 bits per heavy atom. The van der Waals surface area contributed by atoms with E-state index in [0.29, 0.717) is 30.5 Å². The Hall–Kier alpha value is -1.63. The van der Waals surface area contributed by atoms with Crippen LogP contribution in [0.1, 0.15) is 62.6 Å². The summed E-state index contributed by atoms with van der Waals surface area (Å²) in [7, 11) is 0. The summed E-state index contributed by atoms with van der Waals surface area (Å²) < 4.78 is 11.0. The standard InChI is InChI=1S/C16H25N5O2/c1-2-8-22-13(3-1)9-17-16(19-12-6-7-12)18-10-14-20-15(21-23-14)11-4-5-11/h11-13H,1-10H2,(H2,17,18,19)/t13-/m0/s1. The molecule has 7 heteroatoms. The molecule has 0 unspecified atom stereocenters. The number of aliphatic imine (C=N–C) groups is 1. The average Bonchev–Trinajstić information content (AvgIpc) is 3.52. The highest BCUT2D eigenvalue weighted by Crippen LogP contribution is 2.38. The van der Waals surface area contributed by atoms with Crippen molar-refractivity contribution in [2.75, 3.05) is 13.2 Å². The van der Waals surface area contributed by atoms with Gasteiger partial charge < -0.3 is 19.9 Å². The van der Waals surface area contributed by atoms with E-state index in [-0.39, 0.29) is 0 Å². The molecule has 2 heterocycles. The summed E-state index contributed by atoms with van der Waals surface area (Å²) in [5.41, 5.74) is 0. The summed E-state index contributed by atoms with van der Waals surface area (Å²) in [5, 5.41) is 10.9. The maximum atomic E-state index is 5.76. The highest BCUT2D eigenvalue weighted by Gasteiger charge is 2.28. The molecule has 23 heavy (non-hydrogen) atoms. The van der Waals surface area contributed by atoms with Crippen molar-refractivity contribution in [2.24, 2.45) is 4.99 Å². The molecule has 2 saturated carbocycles. The molecule has 126 valence electrons. The van der Waals surface area contributed by atoms with Gasteiger partial charge in [0.1, 0.15) is 6.54 Å². The number of aromatic nitrogens is 2. The smallest absolute Gasteiger partial charge is 0.248 e. The third kappa shape index (κ3) is 4.43. The molecule has 1 aromatic heterocycles. The Labute approximate surface area is 136 Å². The Balaban J connectivity index is 1.31. The number of nitrogens with one attached hydrogen (secondary N) is 2. The highest BCUT2D eigenvalue weighted by molar-refractivity contribution is 5.80. The second-order valence-corrected chi connectivity index (χ2v) is 6.77. The number of ether oxygens (including phenoxy) is 1. The molecular formula is C16H25N5O2. The highest BCUT2D eigenvalue weighted by atomic mass is 16.5. The first-order valence-electron chi connectivity index (χ1n) is 8.86. The molecule has 1 atom stereocenters. The summed E-state index contributed by atoms with van der Waals surface area (Å²) in [4.78, 5) is 9.02. The number of guanidine groups is 1. The van der Waals surface area contributed by atoms with E-state index in [4.69, 9.17) is 9.26 Å². The third-order valence-corrected chi connectivity index (χ3v) is 4.49. The zero-order valence-electron chi connectivity index (χ0n) is 13.5. The van der Waals surface area contributed by atoms with Crippen LogP contribution in [0.4, 0.5) is 0 Å². The van der Waals surface area contributed by atoms with Gasteiger partial charge in [0.05, 0.1) is 6.10 Å². The summed E-state index contributed by atoms with van der Waals surface area (Å²) in [6, 6.07) is 0.554. The summed E-state index contributed by atoms with van der Waals surface area (Å²) in [6.45, 7) is 2.10. The largest absolute Gasteiger partial charge is 0.376 e. The van der Waals surface area contributed by atoms with E-state index in [0.717, 1.165) is 31.4 Å². The minimum Gasteiger partial charge on any atom is -0.376 e. The second-order valence-electron chi connectivity index (χ2n) is 6.77. The maximum absolute atomic E-state index is 5.76. The van der Waals surface area contributed by atoms with Crippen LogP contribution < -0.4 is 10.6 Å². The van der Waals surface area contributed by atoms with E-state index in [9.17, 15) is 0 Å². The molecule has 1 aliphatic heterocycles. The average molecular weight is 319 g/mol. The molecule has 3 fully saturated rings. The Kier molecular flexibility index (Phi) is 4.46.